The molecule has 0 unspecified atom stereocenters. The van der Waals surface area contributed by atoms with Gasteiger partial charge in [-0.05, 0) is 30.3 Å². The lowest BCUT2D eigenvalue weighted by Gasteiger charge is -2.26. The van der Waals surface area contributed by atoms with E-state index in [9.17, 15) is 0 Å². The molecular formula is C17H16O4S. The molecule has 4 rings (SSSR count). The molecule has 0 aromatic heterocycles. The van der Waals surface area contributed by atoms with E-state index < -0.39 is 0 Å². The number of thioether (sulfide) groups is 1. The van der Waals surface area contributed by atoms with E-state index in [1.54, 1.807) is 11.8 Å². The molecule has 0 bridgehead atoms. The summed E-state index contributed by atoms with van der Waals surface area (Å²) in [5.74, 6) is 4.11. The number of rotatable bonds is 3. The summed E-state index contributed by atoms with van der Waals surface area (Å²) in [6.07, 6.45) is 0.0492. The second kappa shape index (κ2) is 6.01. The van der Waals surface area contributed by atoms with Gasteiger partial charge in [0.1, 0.15) is 25.9 Å². The van der Waals surface area contributed by atoms with E-state index >= 15 is 0 Å². The van der Waals surface area contributed by atoms with Gasteiger partial charge >= 0.3 is 0 Å². The van der Waals surface area contributed by atoms with Crippen LogP contribution >= 0.6 is 11.8 Å². The van der Waals surface area contributed by atoms with Crippen molar-refractivity contribution < 1.29 is 18.9 Å². The van der Waals surface area contributed by atoms with E-state index in [1.165, 1.54) is 0 Å². The van der Waals surface area contributed by atoms with Gasteiger partial charge in [-0.3, -0.25) is 0 Å². The molecule has 0 amide bonds. The standard InChI is InChI=1S/C17H16O4S/c1-2-4-16-14(3-1)20-10-12(21-16)11-22-13-5-6-15-17(9-13)19-8-7-18-15/h1-6,9,12H,7-8,10-11H2/t12-/m0/s1. The van der Waals surface area contributed by atoms with E-state index in [1.807, 2.05) is 36.4 Å². The maximum atomic E-state index is 5.96. The fraction of sp³-hybridized carbons (Fsp3) is 0.294. The van der Waals surface area contributed by atoms with Crippen molar-refractivity contribution in [2.24, 2.45) is 0 Å². The largest absolute Gasteiger partial charge is 0.486 e. The van der Waals surface area contributed by atoms with Gasteiger partial charge in [-0.15, -0.1) is 11.8 Å². The first kappa shape index (κ1) is 13.6. The molecule has 2 aromatic carbocycles. The lowest BCUT2D eigenvalue weighted by Crippen LogP contribution is -2.31. The minimum absolute atomic E-state index is 0.0492. The Morgan fingerprint density at radius 3 is 2.55 bits per heavy atom. The third-order valence-corrected chi connectivity index (χ3v) is 4.64. The van der Waals surface area contributed by atoms with Crippen LogP contribution in [0.1, 0.15) is 0 Å². The minimum Gasteiger partial charge on any atom is -0.486 e. The SMILES string of the molecule is c1ccc2c(c1)OC[C@@H](CSc1ccc3c(c1)OCCO3)O2. The average molecular weight is 316 g/mol. The smallest absolute Gasteiger partial charge is 0.162 e. The van der Waals surface area contributed by atoms with Crippen molar-refractivity contribution in [3.8, 4) is 23.0 Å². The molecule has 0 saturated heterocycles. The summed E-state index contributed by atoms with van der Waals surface area (Å²) in [4.78, 5) is 1.15. The van der Waals surface area contributed by atoms with E-state index in [0.717, 1.165) is 33.6 Å². The van der Waals surface area contributed by atoms with Crippen LogP contribution in [0.25, 0.3) is 0 Å². The molecule has 2 aliphatic rings. The Morgan fingerprint density at radius 1 is 0.864 bits per heavy atom. The summed E-state index contributed by atoms with van der Waals surface area (Å²) in [5.41, 5.74) is 0. The van der Waals surface area contributed by atoms with Gasteiger partial charge in [0.25, 0.3) is 0 Å². The summed E-state index contributed by atoms with van der Waals surface area (Å²) in [6.45, 7) is 1.80. The fourth-order valence-electron chi connectivity index (χ4n) is 2.45. The zero-order chi connectivity index (χ0) is 14.8. The molecule has 0 saturated carbocycles. The Kier molecular flexibility index (Phi) is 3.72. The highest BCUT2D eigenvalue weighted by molar-refractivity contribution is 7.99. The second-order valence-corrected chi connectivity index (χ2v) is 6.21. The van der Waals surface area contributed by atoms with Gasteiger partial charge < -0.3 is 18.9 Å². The molecule has 0 aliphatic carbocycles. The second-order valence-electron chi connectivity index (χ2n) is 5.11. The lowest BCUT2D eigenvalue weighted by atomic mass is 10.3. The molecule has 4 nitrogen and oxygen atoms in total. The molecule has 2 aromatic rings. The van der Waals surface area contributed by atoms with Crippen LogP contribution < -0.4 is 18.9 Å². The summed E-state index contributed by atoms with van der Waals surface area (Å²) in [5, 5.41) is 0. The van der Waals surface area contributed by atoms with Crippen LogP contribution in [-0.2, 0) is 0 Å². The zero-order valence-electron chi connectivity index (χ0n) is 12.0. The fourth-order valence-corrected chi connectivity index (χ4v) is 3.35. The summed E-state index contributed by atoms with van der Waals surface area (Å²) < 4.78 is 22.8. The third-order valence-electron chi connectivity index (χ3n) is 3.52. The van der Waals surface area contributed by atoms with Gasteiger partial charge in [0.2, 0.25) is 0 Å². The minimum atomic E-state index is 0.0492. The van der Waals surface area contributed by atoms with Crippen molar-refractivity contribution in [1.29, 1.82) is 0 Å². The van der Waals surface area contributed by atoms with Crippen LogP contribution in [-0.4, -0.2) is 31.7 Å². The van der Waals surface area contributed by atoms with Gasteiger partial charge in [-0.2, -0.15) is 0 Å². The van der Waals surface area contributed by atoms with Gasteiger partial charge in [-0.25, -0.2) is 0 Å². The maximum absolute atomic E-state index is 5.96. The molecule has 0 radical (unpaired) electrons. The van der Waals surface area contributed by atoms with Crippen LogP contribution in [0.5, 0.6) is 23.0 Å². The molecule has 0 N–H and O–H groups in total. The number of hydrogen-bond acceptors (Lipinski definition) is 5. The lowest BCUT2D eigenvalue weighted by molar-refractivity contribution is 0.107. The van der Waals surface area contributed by atoms with Gasteiger partial charge in [0, 0.05) is 10.6 Å². The van der Waals surface area contributed by atoms with Gasteiger partial charge in [-0.1, -0.05) is 12.1 Å². The van der Waals surface area contributed by atoms with Crippen molar-refractivity contribution in [2.45, 2.75) is 11.0 Å². The summed E-state index contributed by atoms with van der Waals surface area (Å²) in [6, 6.07) is 13.8. The first-order valence-electron chi connectivity index (χ1n) is 7.29. The van der Waals surface area contributed by atoms with Crippen molar-refractivity contribution >= 4 is 11.8 Å². The maximum Gasteiger partial charge on any atom is 0.162 e. The number of hydrogen-bond donors (Lipinski definition) is 0. The Labute approximate surface area is 133 Å². The first-order chi connectivity index (χ1) is 10.9. The van der Waals surface area contributed by atoms with E-state index in [0.29, 0.717) is 19.8 Å². The molecule has 1 atom stereocenters. The molecule has 0 fully saturated rings. The number of benzene rings is 2. The Hall–Kier alpha value is -2.01. The highest BCUT2D eigenvalue weighted by Gasteiger charge is 2.21. The molecular weight excluding hydrogens is 300 g/mol. The third kappa shape index (κ3) is 2.81. The molecule has 114 valence electrons. The monoisotopic (exact) mass is 316 g/mol. The Morgan fingerprint density at radius 2 is 1.64 bits per heavy atom. The van der Waals surface area contributed by atoms with Crippen LogP contribution in [0.15, 0.2) is 47.4 Å². The predicted molar refractivity (Wildman–Crippen MR) is 84.5 cm³/mol. The topological polar surface area (TPSA) is 36.9 Å². The van der Waals surface area contributed by atoms with Crippen LogP contribution in [0, 0.1) is 0 Å². The number of fused-ring (bicyclic) bond motifs is 2. The molecule has 5 heteroatoms. The van der Waals surface area contributed by atoms with Crippen LogP contribution in [0.2, 0.25) is 0 Å². The Balaban J connectivity index is 1.39. The summed E-state index contributed by atoms with van der Waals surface area (Å²) >= 11 is 1.73. The van der Waals surface area contributed by atoms with Gasteiger partial charge in [0.05, 0.1) is 0 Å². The quantitative estimate of drug-likeness (QED) is 0.811. The predicted octanol–water partition coefficient (Wildman–Crippen LogP) is 3.39. The molecule has 22 heavy (non-hydrogen) atoms. The van der Waals surface area contributed by atoms with E-state index in [2.05, 4.69) is 6.07 Å². The van der Waals surface area contributed by atoms with Crippen molar-refractivity contribution in [3.05, 3.63) is 42.5 Å². The van der Waals surface area contributed by atoms with Crippen molar-refractivity contribution in [2.75, 3.05) is 25.6 Å². The first-order valence-corrected chi connectivity index (χ1v) is 8.28. The zero-order valence-corrected chi connectivity index (χ0v) is 12.8. The normalized spacial score (nSPS) is 18.8. The Bertz CT molecular complexity index is 673. The van der Waals surface area contributed by atoms with Gasteiger partial charge in [0.15, 0.2) is 23.0 Å². The van der Waals surface area contributed by atoms with Crippen molar-refractivity contribution in [3.63, 3.8) is 0 Å². The highest BCUT2D eigenvalue weighted by atomic mass is 32.2. The molecule has 2 aliphatic heterocycles. The molecule has 0 spiro atoms. The van der Waals surface area contributed by atoms with E-state index in [-0.39, 0.29) is 6.10 Å². The highest BCUT2D eigenvalue weighted by Crippen LogP contribution is 2.36. The van der Waals surface area contributed by atoms with E-state index in [4.69, 9.17) is 18.9 Å². The average Bonchev–Trinajstić information content (AvgIpc) is 2.59. The number of ether oxygens (including phenoxy) is 4. The van der Waals surface area contributed by atoms with Crippen LogP contribution in [0.3, 0.4) is 0 Å². The van der Waals surface area contributed by atoms with Crippen molar-refractivity contribution in [1.82, 2.24) is 0 Å². The number of para-hydroxylation sites is 2. The van der Waals surface area contributed by atoms with Crippen LogP contribution in [0.4, 0.5) is 0 Å². The molecule has 2 heterocycles. The summed E-state index contributed by atoms with van der Waals surface area (Å²) in [7, 11) is 0.